The Morgan fingerprint density at radius 1 is 1.47 bits per heavy atom. The third kappa shape index (κ3) is 2.44. The Labute approximate surface area is 89.1 Å². The summed E-state index contributed by atoms with van der Waals surface area (Å²) in [4.78, 5) is 4.10. The zero-order chi connectivity index (χ0) is 10.5. The highest BCUT2D eigenvalue weighted by atomic mass is 16.3. The summed E-state index contributed by atoms with van der Waals surface area (Å²) in [6.45, 7) is 0. The predicted molar refractivity (Wildman–Crippen MR) is 58.4 cm³/mol. The minimum absolute atomic E-state index is 0.285. The summed E-state index contributed by atoms with van der Waals surface area (Å²) in [7, 11) is 1.95. The maximum atomic E-state index is 5.08. The van der Waals surface area contributed by atoms with Gasteiger partial charge in [0.2, 0.25) is 0 Å². The second-order valence-corrected chi connectivity index (χ2v) is 3.46. The molecule has 1 atom stereocenters. The first-order valence-electron chi connectivity index (χ1n) is 4.98. The SMILES string of the molecule is CNC(Cc1cccnc1)c1ccoc1. The summed E-state index contributed by atoms with van der Waals surface area (Å²) >= 11 is 0. The van der Waals surface area contributed by atoms with Gasteiger partial charge >= 0.3 is 0 Å². The van der Waals surface area contributed by atoms with Crippen LogP contribution < -0.4 is 5.32 Å². The molecule has 15 heavy (non-hydrogen) atoms. The molecule has 0 amide bonds. The third-order valence-corrected chi connectivity index (χ3v) is 2.46. The van der Waals surface area contributed by atoms with Gasteiger partial charge in [0.15, 0.2) is 0 Å². The Balaban J connectivity index is 2.10. The Kier molecular flexibility index (Phi) is 3.15. The van der Waals surface area contributed by atoms with E-state index in [2.05, 4.69) is 16.4 Å². The molecule has 0 radical (unpaired) electrons. The monoisotopic (exact) mass is 202 g/mol. The lowest BCUT2D eigenvalue weighted by molar-refractivity contribution is 0.542. The highest BCUT2D eigenvalue weighted by Crippen LogP contribution is 2.17. The number of rotatable bonds is 4. The minimum Gasteiger partial charge on any atom is -0.472 e. The average molecular weight is 202 g/mol. The van der Waals surface area contributed by atoms with Crippen LogP contribution in [-0.2, 0) is 6.42 Å². The van der Waals surface area contributed by atoms with E-state index in [1.807, 2.05) is 25.4 Å². The molecule has 0 saturated carbocycles. The molecule has 0 aliphatic carbocycles. The van der Waals surface area contributed by atoms with Crippen LogP contribution in [0.1, 0.15) is 17.2 Å². The van der Waals surface area contributed by atoms with Gasteiger partial charge in [-0.15, -0.1) is 0 Å². The van der Waals surface area contributed by atoms with Crippen molar-refractivity contribution in [3.63, 3.8) is 0 Å². The molecule has 0 saturated heterocycles. The average Bonchev–Trinajstić information content (AvgIpc) is 2.81. The van der Waals surface area contributed by atoms with Crippen molar-refractivity contribution in [2.45, 2.75) is 12.5 Å². The highest BCUT2D eigenvalue weighted by Gasteiger charge is 2.10. The van der Waals surface area contributed by atoms with Gasteiger partial charge in [-0.2, -0.15) is 0 Å². The Hall–Kier alpha value is -1.61. The van der Waals surface area contributed by atoms with Crippen molar-refractivity contribution in [3.8, 4) is 0 Å². The maximum absolute atomic E-state index is 5.08. The molecule has 0 aliphatic heterocycles. The Morgan fingerprint density at radius 3 is 3.00 bits per heavy atom. The van der Waals surface area contributed by atoms with Crippen molar-refractivity contribution in [2.24, 2.45) is 0 Å². The van der Waals surface area contributed by atoms with Crippen LogP contribution in [0.3, 0.4) is 0 Å². The topological polar surface area (TPSA) is 38.1 Å². The van der Waals surface area contributed by atoms with Crippen LogP contribution >= 0.6 is 0 Å². The molecule has 2 aromatic heterocycles. The Bertz CT molecular complexity index is 383. The number of hydrogen-bond acceptors (Lipinski definition) is 3. The molecule has 3 nitrogen and oxygen atoms in total. The van der Waals surface area contributed by atoms with E-state index in [4.69, 9.17) is 4.42 Å². The molecular formula is C12H14N2O. The number of nitrogens with zero attached hydrogens (tertiary/aromatic N) is 1. The lowest BCUT2D eigenvalue weighted by Gasteiger charge is -2.13. The standard InChI is InChI=1S/C12H14N2O/c1-13-12(11-4-6-15-9-11)7-10-3-2-5-14-8-10/h2-6,8-9,12-13H,7H2,1H3. The van der Waals surface area contributed by atoms with Crippen molar-refractivity contribution in [1.82, 2.24) is 10.3 Å². The number of pyridine rings is 1. The van der Waals surface area contributed by atoms with E-state index < -0.39 is 0 Å². The van der Waals surface area contributed by atoms with Crippen LogP contribution in [0, 0.1) is 0 Å². The fourth-order valence-corrected chi connectivity index (χ4v) is 1.61. The van der Waals surface area contributed by atoms with Gasteiger partial charge in [-0.3, -0.25) is 4.98 Å². The van der Waals surface area contributed by atoms with Crippen LogP contribution in [0.25, 0.3) is 0 Å². The molecule has 0 aliphatic rings. The predicted octanol–water partition coefficient (Wildman–Crippen LogP) is 2.18. The molecule has 0 aromatic carbocycles. The summed E-state index contributed by atoms with van der Waals surface area (Å²) < 4.78 is 5.08. The number of hydrogen-bond donors (Lipinski definition) is 1. The van der Waals surface area contributed by atoms with Crippen molar-refractivity contribution in [2.75, 3.05) is 7.05 Å². The smallest absolute Gasteiger partial charge is 0.0950 e. The zero-order valence-corrected chi connectivity index (χ0v) is 8.68. The van der Waals surface area contributed by atoms with Crippen molar-refractivity contribution >= 4 is 0 Å². The summed E-state index contributed by atoms with van der Waals surface area (Å²) in [5.41, 5.74) is 2.39. The number of aromatic nitrogens is 1. The fraction of sp³-hybridized carbons (Fsp3) is 0.250. The highest BCUT2D eigenvalue weighted by molar-refractivity contribution is 5.17. The first-order chi connectivity index (χ1) is 7.40. The quantitative estimate of drug-likeness (QED) is 0.825. The van der Waals surface area contributed by atoms with E-state index in [1.165, 1.54) is 11.1 Å². The number of nitrogens with one attached hydrogen (secondary N) is 1. The first kappa shape index (κ1) is 9.93. The summed E-state index contributed by atoms with van der Waals surface area (Å²) in [5.74, 6) is 0. The minimum atomic E-state index is 0.285. The molecule has 3 heteroatoms. The summed E-state index contributed by atoms with van der Waals surface area (Å²) in [6, 6.07) is 6.31. The fourth-order valence-electron chi connectivity index (χ4n) is 1.61. The first-order valence-corrected chi connectivity index (χ1v) is 4.98. The molecular weight excluding hydrogens is 188 g/mol. The van der Waals surface area contributed by atoms with Gasteiger partial charge in [-0.1, -0.05) is 6.07 Å². The van der Waals surface area contributed by atoms with E-state index in [-0.39, 0.29) is 6.04 Å². The zero-order valence-electron chi connectivity index (χ0n) is 8.68. The van der Waals surface area contributed by atoms with Crippen LogP contribution in [0.5, 0.6) is 0 Å². The van der Waals surface area contributed by atoms with Crippen LogP contribution in [0.2, 0.25) is 0 Å². The van der Waals surface area contributed by atoms with Gasteiger partial charge in [0.1, 0.15) is 0 Å². The third-order valence-electron chi connectivity index (χ3n) is 2.46. The lowest BCUT2D eigenvalue weighted by Crippen LogP contribution is -2.18. The molecule has 78 valence electrons. The van der Waals surface area contributed by atoms with Crippen molar-refractivity contribution < 1.29 is 4.42 Å². The second kappa shape index (κ2) is 4.75. The van der Waals surface area contributed by atoms with E-state index >= 15 is 0 Å². The molecule has 0 fully saturated rings. The van der Waals surface area contributed by atoms with E-state index in [0.717, 1.165) is 6.42 Å². The van der Waals surface area contributed by atoms with E-state index in [1.54, 1.807) is 18.7 Å². The van der Waals surface area contributed by atoms with Crippen LogP contribution in [-0.4, -0.2) is 12.0 Å². The van der Waals surface area contributed by atoms with Gasteiger partial charge in [0.25, 0.3) is 0 Å². The van der Waals surface area contributed by atoms with Crippen LogP contribution in [0.15, 0.2) is 47.5 Å². The maximum Gasteiger partial charge on any atom is 0.0950 e. The van der Waals surface area contributed by atoms with E-state index in [9.17, 15) is 0 Å². The normalized spacial score (nSPS) is 12.6. The number of furan rings is 1. The molecule has 1 N–H and O–H groups in total. The molecule has 1 unspecified atom stereocenters. The Morgan fingerprint density at radius 2 is 2.40 bits per heavy atom. The van der Waals surface area contributed by atoms with Crippen molar-refractivity contribution in [1.29, 1.82) is 0 Å². The summed E-state index contributed by atoms with van der Waals surface area (Å²) in [6.07, 6.45) is 8.07. The molecule has 0 bridgehead atoms. The van der Waals surface area contributed by atoms with Crippen molar-refractivity contribution in [3.05, 3.63) is 54.2 Å². The van der Waals surface area contributed by atoms with Gasteiger partial charge in [-0.25, -0.2) is 0 Å². The molecule has 2 rings (SSSR count). The molecule has 2 heterocycles. The number of likely N-dealkylation sites (N-methyl/N-ethyl adjacent to an activating group) is 1. The second-order valence-electron chi connectivity index (χ2n) is 3.46. The van der Waals surface area contributed by atoms with E-state index in [0.29, 0.717) is 0 Å². The van der Waals surface area contributed by atoms with Gasteiger partial charge in [-0.05, 0) is 31.2 Å². The van der Waals surface area contributed by atoms with Crippen LogP contribution in [0.4, 0.5) is 0 Å². The van der Waals surface area contributed by atoms with Gasteiger partial charge < -0.3 is 9.73 Å². The van der Waals surface area contributed by atoms with Gasteiger partial charge in [0.05, 0.1) is 12.5 Å². The van der Waals surface area contributed by atoms with Gasteiger partial charge in [0, 0.05) is 24.0 Å². The molecule has 0 spiro atoms. The summed E-state index contributed by atoms with van der Waals surface area (Å²) in [5, 5.41) is 3.27. The largest absolute Gasteiger partial charge is 0.472 e. The molecule has 2 aromatic rings. The lowest BCUT2D eigenvalue weighted by atomic mass is 10.0.